The highest BCUT2D eigenvalue weighted by Gasteiger charge is 2.53. The van der Waals surface area contributed by atoms with Crippen LogP contribution in [0.25, 0.3) is 0 Å². The maximum atomic E-state index is 13.0. The van der Waals surface area contributed by atoms with Gasteiger partial charge in [0.25, 0.3) is 5.79 Å². The quantitative estimate of drug-likeness (QED) is 0.213. The summed E-state index contributed by atoms with van der Waals surface area (Å²) in [5, 5.41) is 32.5. The third-order valence-corrected chi connectivity index (χ3v) is 11.5. The predicted molar refractivity (Wildman–Crippen MR) is 189 cm³/mol. The van der Waals surface area contributed by atoms with Gasteiger partial charge in [-0.25, -0.2) is 9.59 Å². The molecule has 8 nitrogen and oxygen atoms in total. The van der Waals surface area contributed by atoms with Crippen molar-refractivity contribution in [1.29, 1.82) is 0 Å². The van der Waals surface area contributed by atoms with Crippen molar-refractivity contribution in [2.24, 2.45) is 11.8 Å². The second kappa shape index (κ2) is 13.1. The zero-order chi connectivity index (χ0) is 35.4. The summed E-state index contributed by atoms with van der Waals surface area (Å²) in [6.45, 7) is 14.4. The van der Waals surface area contributed by atoms with Gasteiger partial charge in [-0.15, -0.1) is 0 Å². The van der Waals surface area contributed by atoms with Gasteiger partial charge in [-0.3, -0.25) is 0 Å². The third-order valence-electron chi connectivity index (χ3n) is 11.5. The average molecular weight is 673 g/mol. The van der Waals surface area contributed by atoms with E-state index in [9.17, 15) is 24.9 Å². The van der Waals surface area contributed by atoms with Gasteiger partial charge in [-0.05, 0) is 102 Å². The second-order valence-corrected chi connectivity index (χ2v) is 15.4. The number of aromatic hydroxyl groups is 1. The SMILES string of the molecule is CCCCc1cc2c(c(O)c1C(=O)O)[C@@H]1C=C(C)CC[C@H]1C(C)(Oc1cc(CCCC)c(C(=O)O)c3c1[C@@H]1C=C(C)CC[C@H]1C(C)(C)O3)O2. The summed E-state index contributed by atoms with van der Waals surface area (Å²) in [7, 11) is 0. The fraction of sp³-hybridized carbons (Fsp3) is 0.561. The van der Waals surface area contributed by atoms with Crippen LogP contribution in [0.3, 0.4) is 0 Å². The van der Waals surface area contributed by atoms with Gasteiger partial charge in [0.15, 0.2) is 0 Å². The van der Waals surface area contributed by atoms with E-state index in [1.165, 1.54) is 5.57 Å². The molecule has 1 unspecified atom stereocenters. The van der Waals surface area contributed by atoms with Crippen molar-refractivity contribution in [3.8, 4) is 23.0 Å². The molecular weight excluding hydrogens is 620 g/mol. The van der Waals surface area contributed by atoms with Gasteiger partial charge in [0, 0.05) is 41.7 Å². The van der Waals surface area contributed by atoms with Gasteiger partial charge in [-0.1, -0.05) is 50.0 Å². The first kappa shape index (κ1) is 34.9. The van der Waals surface area contributed by atoms with Crippen LogP contribution >= 0.6 is 0 Å². The summed E-state index contributed by atoms with van der Waals surface area (Å²) in [4.78, 5) is 25.5. The van der Waals surface area contributed by atoms with Crippen LogP contribution in [-0.2, 0) is 12.8 Å². The molecule has 4 aliphatic rings. The van der Waals surface area contributed by atoms with E-state index in [1.54, 1.807) is 6.07 Å². The van der Waals surface area contributed by atoms with Crippen LogP contribution in [0, 0.1) is 11.8 Å². The van der Waals surface area contributed by atoms with Gasteiger partial charge in [0.05, 0.1) is 0 Å². The molecule has 5 atom stereocenters. The Morgan fingerprint density at radius 1 is 0.816 bits per heavy atom. The first-order valence-corrected chi connectivity index (χ1v) is 18.2. The van der Waals surface area contributed by atoms with Crippen molar-refractivity contribution in [3.63, 3.8) is 0 Å². The van der Waals surface area contributed by atoms with Crippen LogP contribution in [0.2, 0.25) is 0 Å². The number of benzene rings is 2. The Bertz CT molecular complexity index is 1730. The normalized spacial score (nSPS) is 26.4. The Hall–Kier alpha value is -3.94. The monoisotopic (exact) mass is 672 g/mol. The maximum Gasteiger partial charge on any atom is 0.339 e. The minimum atomic E-state index is -1.22. The summed E-state index contributed by atoms with van der Waals surface area (Å²) >= 11 is 0. The van der Waals surface area contributed by atoms with Crippen LogP contribution in [0.15, 0.2) is 35.4 Å². The van der Waals surface area contributed by atoms with Crippen molar-refractivity contribution in [2.75, 3.05) is 0 Å². The molecular formula is C41H52O8. The number of ether oxygens (including phenoxy) is 3. The Labute approximate surface area is 290 Å². The van der Waals surface area contributed by atoms with E-state index in [-0.39, 0.29) is 40.5 Å². The van der Waals surface area contributed by atoms with Crippen LogP contribution in [0.1, 0.15) is 155 Å². The zero-order valence-electron chi connectivity index (χ0n) is 30.1. The van der Waals surface area contributed by atoms with E-state index in [0.29, 0.717) is 53.2 Å². The molecule has 2 aliphatic carbocycles. The standard InChI is InChI=1S/C41H52O8/c1-8-10-12-24-20-30-34(36(42)32(24)38(43)44)27-19-23(4)15-17-29(27)41(7,47-30)48-31-21-25(13-11-9-2)33(39(45)46)37-35(31)26-18-22(3)14-16-28(26)40(5,6)49-37/h18-21,26-29,42H,8-17H2,1-7H3,(H,43,44)(H,45,46)/t26-,27-,28-,29-,41?/m1/s1. The van der Waals surface area contributed by atoms with E-state index in [0.717, 1.165) is 56.1 Å². The zero-order valence-corrected chi connectivity index (χ0v) is 30.1. The number of aryl methyl sites for hydroxylation is 2. The molecule has 0 saturated carbocycles. The Balaban J connectivity index is 1.57. The molecule has 2 aliphatic heterocycles. The number of hydrogen-bond donors (Lipinski definition) is 3. The smallest absolute Gasteiger partial charge is 0.339 e. The minimum absolute atomic E-state index is 0.0557. The number of carboxylic acids is 2. The summed E-state index contributed by atoms with van der Waals surface area (Å²) in [6.07, 6.45) is 12.2. The van der Waals surface area contributed by atoms with E-state index in [1.807, 2.05) is 19.9 Å². The molecule has 8 heteroatoms. The number of fused-ring (bicyclic) bond motifs is 6. The molecule has 0 fully saturated rings. The number of hydrogen-bond acceptors (Lipinski definition) is 6. The van der Waals surface area contributed by atoms with E-state index in [4.69, 9.17) is 14.2 Å². The number of carboxylic acid groups (broad SMARTS) is 2. The number of aromatic carboxylic acids is 2. The lowest BCUT2D eigenvalue weighted by atomic mass is 9.67. The van der Waals surface area contributed by atoms with E-state index >= 15 is 0 Å². The molecule has 0 amide bonds. The van der Waals surface area contributed by atoms with Crippen LogP contribution in [0.4, 0.5) is 0 Å². The molecule has 0 radical (unpaired) electrons. The summed E-state index contributed by atoms with van der Waals surface area (Å²) < 4.78 is 20.8. The van der Waals surface area contributed by atoms with Gasteiger partial charge < -0.3 is 29.5 Å². The largest absolute Gasteiger partial charge is 0.507 e. The minimum Gasteiger partial charge on any atom is -0.507 e. The molecule has 2 aromatic carbocycles. The predicted octanol–water partition coefficient (Wildman–Crippen LogP) is 9.71. The first-order valence-electron chi connectivity index (χ1n) is 18.2. The number of phenols is 1. The van der Waals surface area contributed by atoms with E-state index in [2.05, 4.69) is 46.8 Å². The summed E-state index contributed by atoms with van der Waals surface area (Å²) in [6, 6.07) is 3.70. The van der Waals surface area contributed by atoms with Crippen molar-refractivity contribution in [1.82, 2.24) is 0 Å². The lowest BCUT2D eigenvalue weighted by Gasteiger charge is -2.50. The first-order chi connectivity index (χ1) is 23.2. The lowest BCUT2D eigenvalue weighted by Crippen LogP contribution is -2.52. The van der Waals surface area contributed by atoms with Crippen LogP contribution in [0.5, 0.6) is 23.0 Å². The van der Waals surface area contributed by atoms with Gasteiger partial charge >= 0.3 is 11.9 Å². The van der Waals surface area contributed by atoms with Gasteiger partial charge in [0.1, 0.15) is 39.7 Å². The maximum absolute atomic E-state index is 13.0. The Kier molecular flexibility index (Phi) is 9.31. The fourth-order valence-corrected chi connectivity index (χ4v) is 8.95. The number of carbonyl (C=O) groups is 2. The number of allylic oxidation sites excluding steroid dienone is 4. The lowest BCUT2D eigenvalue weighted by molar-refractivity contribution is -0.159. The van der Waals surface area contributed by atoms with E-state index < -0.39 is 23.3 Å². The van der Waals surface area contributed by atoms with Crippen LogP contribution in [-0.4, -0.2) is 38.6 Å². The second-order valence-electron chi connectivity index (χ2n) is 15.4. The van der Waals surface area contributed by atoms with Gasteiger partial charge in [0.2, 0.25) is 0 Å². The Morgan fingerprint density at radius 2 is 1.37 bits per heavy atom. The third kappa shape index (κ3) is 6.10. The van der Waals surface area contributed by atoms with Crippen molar-refractivity contribution in [3.05, 3.63) is 68.8 Å². The molecule has 3 N–H and O–H groups in total. The molecule has 49 heavy (non-hydrogen) atoms. The molecule has 0 aromatic heterocycles. The molecule has 2 aromatic rings. The molecule has 0 bridgehead atoms. The molecule has 2 heterocycles. The average Bonchev–Trinajstić information content (AvgIpc) is 3.01. The van der Waals surface area contributed by atoms with Crippen molar-refractivity contribution in [2.45, 2.75) is 136 Å². The highest BCUT2D eigenvalue weighted by atomic mass is 16.7. The highest BCUT2D eigenvalue weighted by Crippen LogP contribution is 2.59. The van der Waals surface area contributed by atoms with Crippen molar-refractivity contribution >= 4 is 11.9 Å². The molecule has 0 spiro atoms. The van der Waals surface area contributed by atoms with Crippen molar-refractivity contribution < 1.29 is 39.1 Å². The number of rotatable bonds is 10. The molecule has 264 valence electrons. The summed E-state index contributed by atoms with van der Waals surface area (Å²) in [5.74, 6) is -2.81. The Morgan fingerprint density at radius 3 is 1.94 bits per heavy atom. The number of unbranched alkanes of at least 4 members (excludes halogenated alkanes) is 2. The highest BCUT2D eigenvalue weighted by molar-refractivity contribution is 5.95. The summed E-state index contributed by atoms with van der Waals surface area (Å²) in [5.41, 5.74) is 4.44. The van der Waals surface area contributed by atoms with Crippen LogP contribution < -0.4 is 14.2 Å². The molecule has 6 rings (SSSR count). The topological polar surface area (TPSA) is 123 Å². The molecule has 0 saturated heterocycles. The van der Waals surface area contributed by atoms with Gasteiger partial charge in [-0.2, -0.15) is 0 Å². The fourth-order valence-electron chi connectivity index (χ4n) is 8.95.